The van der Waals surface area contributed by atoms with Crippen molar-refractivity contribution in [3.63, 3.8) is 0 Å². The molecule has 0 heterocycles. The highest BCUT2D eigenvalue weighted by molar-refractivity contribution is 9.10. The van der Waals surface area contributed by atoms with E-state index in [1.54, 1.807) is 30.3 Å². The van der Waals surface area contributed by atoms with Crippen molar-refractivity contribution < 1.29 is 8.78 Å². The monoisotopic (exact) mass is 339 g/mol. The standard InChI is InChI=1S/C16H16BrF2N/c1-20-10-12(14-4-2-3-5-16(14)19)8-11-9-13(17)6-7-15(11)18/h2-7,9,12,20H,8,10H2,1H3. The van der Waals surface area contributed by atoms with Gasteiger partial charge >= 0.3 is 0 Å². The van der Waals surface area contributed by atoms with E-state index in [4.69, 9.17) is 0 Å². The van der Waals surface area contributed by atoms with Crippen molar-refractivity contribution in [2.24, 2.45) is 0 Å². The third-order valence-corrected chi connectivity index (χ3v) is 3.76. The summed E-state index contributed by atoms with van der Waals surface area (Å²) in [5.74, 6) is -0.612. The average molecular weight is 340 g/mol. The van der Waals surface area contributed by atoms with Crippen molar-refractivity contribution in [2.45, 2.75) is 12.3 Å². The molecule has 1 N–H and O–H groups in total. The second-order valence-electron chi connectivity index (χ2n) is 4.72. The maximum absolute atomic E-state index is 13.9. The largest absolute Gasteiger partial charge is 0.319 e. The first-order valence-corrected chi connectivity index (χ1v) is 7.24. The fraction of sp³-hybridized carbons (Fsp3) is 0.250. The van der Waals surface area contributed by atoms with Gasteiger partial charge in [-0.1, -0.05) is 34.1 Å². The van der Waals surface area contributed by atoms with Crippen LogP contribution in [0.3, 0.4) is 0 Å². The van der Waals surface area contributed by atoms with Crippen LogP contribution < -0.4 is 5.32 Å². The first-order chi connectivity index (χ1) is 9.61. The van der Waals surface area contributed by atoms with Gasteiger partial charge in [-0.2, -0.15) is 0 Å². The van der Waals surface area contributed by atoms with Gasteiger partial charge < -0.3 is 5.32 Å². The molecule has 2 aromatic rings. The van der Waals surface area contributed by atoms with Gasteiger partial charge in [0.15, 0.2) is 0 Å². The summed E-state index contributed by atoms with van der Waals surface area (Å²) < 4.78 is 28.6. The summed E-state index contributed by atoms with van der Waals surface area (Å²) in [6.07, 6.45) is 0.451. The number of rotatable bonds is 5. The Labute approximate surface area is 126 Å². The van der Waals surface area contributed by atoms with E-state index < -0.39 is 0 Å². The van der Waals surface area contributed by atoms with Crippen molar-refractivity contribution in [3.05, 3.63) is 69.7 Å². The van der Waals surface area contributed by atoms with Gasteiger partial charge in [-0.15, -0.1) is 0 Å². The topological polar surface area (TPSA) is 12.0 Å². The fourth-order valence-corrected chi connectivity index (χ4v) is 2.72. The normalized spacial score (nSPS) is 12.4. The van der Waals surface area contributed by atoms with E-state index in [2.05, 4.69) is 21.2 Å². The lowest BCUT2D eigenvalue weighted by Crippen LogP contribution is -2.20. The Morgan fingerprint density at radius 2 is 1.85 bits per heavy atom. The molecule has 0 aliphatic rings. The number of nitrogens with one attached hydrogen (secondary N) is 1. The average Bonchev–Trinajstić information content (AvgIpc) is 2.43. The van der Waals surface area contributed by atoms with Crippen LogP contribution >= 0.6 is 15.9 Å². The van der Waals surface area contributed by atoms with Crippen LogP contribution in [0.15, 0.2) is 46.9 Å². The molecule has 0 saturated carbocycles. The number of likely N-dealkylation sites (N-methyl/N-ethyl adjacent to an activating group) is 1. The lowest BCUT2D eigenvalue weighted by Gasteiger charge is -2.18. The molecule has 4 heteroatoms. The second kappa shape index (κ2) is 6.95. The molecule has 0 amide bonds. The minimum absolute atomic E-state index is 0.106. The molecule has 0 aliphatic carbocycles. The first-order valence-electron chi connectivity index (χ1n) is 6.44. The molecule has 0 radical (unpaired) electrons. The molecule has 0 aromatic heterocycles. The molecule has 20 heavy (non-hydrogen) atoms. The highest BCUT2D eigenvalue weighted by atomic mass is 79.9. The van der Waals surface area contributed by atoms with Crippen LogP contribution in [-0.2, 0) is 6.42 Å². The number of halogens is 3. The van der Waals surface area contributed by atoms with Gasteiger partial charge in [0.1, 0.15) is 11.6 Å². The van der Waals surface area contributed by atoms with Crippen molar-refractivity contribution in [1.29, 1.82) is 0 Å². The van der Waals surface area contributed by atoms with Gasteiger partial charge in [0.05, 0.1) is 0 Å². The molecule has 1 unspecified atom stereocenters. The number of hydrogen-bond donors (Lipinski definition) is 1. The predicted octanol–water partition coefficient (Wildman–Crippen LogP) is 4.27. The smallest absolute Gasteiger partial charge is 0.126 e. The molecule has 2 rings (SSSR count). The van der Waals surface area contributed by atoms with E-state index in [-0.39, 0.29) is 17.6 Å². The van der Waals surface area contributed by atoms with Crippen molar-refractivity contribution >= 4 is 15.9 Å². The summed E-state index contributed by atoms with van der Waals surface area (Å²) in [5, 5.41) is 3.05. The maximum atomic E-state index is 13.9. The molecule has 0 aliphatic heterocycles. The Kier molecular flexibility index (Phi) is 5.26. The Balaban J connectivity index is 2.30. The third-order valence-electron chi connectivity index (χ3n) is 3.27. The van der Waals surface area contributed by atoms with E-state index in [9.17, 15) is 8.78 Å². The number of benzene rings is 2. The molecule has 0 fully saturated rings. The molecule has 0 bridgehead atoms. The molecule has 106 valence electrons. The predicted molar refractivity (Wildman–Crippen MR) is 80.9 cm³/mol. The van der Waals surface area contributed by atoms with Crippen LogP contribution in [0.4, 0.5) is 8.78 Å². The van der Waals surface area contributed by atoms with Crippen LogP contribution in [0.5, 0.6) is 0 Å². The summed E-state index contributed by atoms with van der Waals surface area (Å²) in [6, 6.07) is 11.5. The Bertz CT molecular complexity index is 586. The van der Waals surface area contributed by atoms with E-state index in [1.807, 2.05) is 7.05 Å². The summed E-state index contributed by atoms with van der Waals surface area (Å²) in [5.41, 5.74) is 1.20. The Hall–Kier alpha value is -1.26. The highest BCUT2D eigenvalue weighted by Gasteiger charge is 2.17. The summed E-state index contributed by atoms with van der Waals surface area (Å²) in [4.78, 5) is 0. The lowest BCUT2D eigenvalue weighted by atomic mass is 9.91. The quantitative estimate of drug-likeness (QED) is 0.857. The van der Waals surface area contributed by atoms with Crippen LogP contribution in [0.1, 0.15) is 17.0 Å². The Morgan fingerprint density at radius 1 is 1.10 bits per heavy atom. The maximum Gasteiger partial charge on any atom is 0.126 e. The van der Waals surface area contributed by atoms with Gasteiger partial charge in [0, 0.05) is 16.9 Å². The summed E-state index contributed by atoms with van der Waals surface area (Å²) in [7, 11) is 1.81. The molecular weight excluding hydrogens is 324 g/mol. The van der Waals surface area contributed by atoms with Crippen molar-refractivity contribution in [2.75, 3.05) is 13.6 Å². The third kappa shape index (κ3) is 3.64. The first kappa shape index (κ1) is 15.1. The van der Waals surface area contributed by atoms with Gasteiger partial charge in [-0.05, 0) is 48.9 Å². The zero-order valence-corrected chi connectivity index (χ0v) is 12.8. The minimum Gasteiger partial charge on any atom is -0.319 e. The zero-order chi connectivity index (χ0) is 14.5. The van der Waals surface area contributed by atoms with Crippen molar-refractivity contribution in [3.8, 4) is 0 Å². The van der Waals surface area contributed by atoms with Crippen LogP contribution in [0.2, 0.25) is 0 Å². The highest BCUT2D eigenvalue weighted by Crippen LogP contribution is 2.25. The second-order valence-corrected chi connectivity index (χ2v) is 5.63. The summed E-state index contributed by atoms with van der Waals surface area (Å²) >= 11 is 3.34. The van der Waals surface area contributed by atoms with E-state index in [1.165, 1.54) is 12.1 Å². The van der Waals surface area contributed by atoms with E-state index in [0.717, 1.165) is 4.47 Å². The molecule has 0 saturated heterocycles. The summed E-state index contributed by atoms with van der Waals surface area (Å²) in [6.45, 7) is 0.590. The zero-order valence-electron chi connectivity index (χ0n) is 11.2. The molecular formula is C16H16BrF2N. The van der Waals surface area contributed by atoms with Gasteiger partial charge in [-0.25, -0.2) is 8.78 Å². The van der Waals surface area contributed by atoms with E-state index in [0.29, 0.717) is 24.1 Å². The lowest BCUT2D eigenvalue weighted by molar-refractivity contribution is 0.541. The van der Waals surface area contributed by atoms with Crippen LogP contribution in [0.25, 0.3) is 0 Å². The van der Waals surface area contributed by atoms with Crippen LogP contribution in [0, 0.1) is 11.6 Å². The van der Waals surface area contributed by atoms with Gasteiger partial charge in [0.2, 0.25) is 0 Å². The molecule has 1 atom stereocenters. The minimum atomic E-state index is -0.259. The van der Waals surface area contributed by atoms with Crippen LogP contribution in [-0.4, -0.2) is 13.6 Å². The van der Waals surface area contributed by atoms with E-state index >= 15 is 0 Å². The Morgan fingerprint density at radius 3 is 2.55 bits per heavy atom. The molecule has 2 aromatic carbocycles. The fourth-order valence-electron chi connectivity index (χ4n) is 2.31. The van der Waals surface area contributed by atoms with Gasteiger partial charge in [-0.3, -0.25) is 0 Å². The molecule has 1 nitrogen and oxygen atoms in total. The molecule has 0 spiro atoms. The van der Waals surface area contributed by atoms with Crippen molar-refractivity contribution in [1.82, 2.24) is 5.32 Å². The SMILES string of the molecule is CNCC(Cc1cc(Br)ccc1F)c1ccccc1F. The van der Waals surface area contributed by atoms with Gasteiger partial charge in [0.25, 0.3) is 0 Å². The number of hydrogen-bond acceptors (Lipinski definition) is 1.